The maximum absolute atomic E-state index is 12.2. The third-order valence-electron chi connectivity index (χ3n) is 2.83. The Morgan fingerprint density at radius 2 is 1.86 bits per heavy atom. The standard InChI is InChI=1S/C14H12Br2N2O2S/c1-7-5-8(13(19)17-2)3-4-10(7)18-14(20)11-6-9(15)12(16)21-11/h3-6H,1-2H3,(H,17,19)(H,18,20). The smallest absolute Gasteiger partial charge is 0.265 e. The number of carbonyl (C=O) groups is 2. The van der Waals surface area contributed by atoms with Gasteiger partial charge in [-0.1, -0.05) is 0 Å². The number of benzene rings is 1. The van der Waals surface area contributed by atoms with Crippen LogP contribution >= 0.6 is 43.2 Å². The van der Waals surface area contributed by atoms with Gasteiger partial charge >= 0.3 is 0 Å². The first-order valence-electron chi connectivity index (χ1n) is 6.01. The molecule has 0 unspecified atom stereocenters. The molecule has 0 aliphatic rings. The normalized spacial score (nSPS) is 10.3. The molecule has 0 atom stereocenters. The number of nitrogens with one attached hydrogen (secondary N) is 2. The van der Waals surface area contributed by atoms with E-state index in [9.17, 15) is 9.59 Å². The third kappa shape index (κ3) is 3.72. The van der Waals surface area contributed by atoms with Crippen molar-refractivity contribution in [2.75, 3.05) is 12.4 Å². The molecule has 0 aliphatic heterocycles. The lowest BCUT2D eigenvalue weighted by Gasteiger charge is -2.09. The molecule has 0 fully saturated rings. The van der Waals surface area contributed by atoms with Crippen molar-refractivity contribution in [3.05, 3.63) is 48.5 Å². The van der Waals surface area contributed by atoms with E-state index >= 15 is 0 Å². The van der Waals surface area contributed by atoms with Gasteiger partial charge < -0.3 is 10.6 Å². The Morgan fingerprint density at radius 1 is 1.14 bits per heavy atom. The van der Waals surface area contributed by atoms with Gasteiger partial charge in [0, 0.05) is 22.8 Å². The van der Waals surface area contributed by atoms with Crippen molar-refractivity contribution in [1.29, 1.82) is 0 Å². The lowest BCUT2D eigenvalue weighted by molar-refractivity contribution is 0.0962. The van der Waals surface area contributed by atoms with Crippen LogP contribution in [0.2, 0.25) is 0 Å². The Kier molecular flexibility index (Phi) is 5.18. The van der Waals surface area contributed by atoms with Gasteiger partial charge in [-0.15, -0.1) is 11.3 Å². The van der Waals surface area contributed by atoms with Crippen LogP contribution in [0.25, 0.3) is 0 Å². The fraction of sp³-hybridized carbons (Fsp3) is 0.143. The highest BCUT2D eigenvalue weighted by molar-refractivity contribution is 9.13. The summed E-state index contributed by atoms with van der Waals surface area (Å²) in [5, 5.41) is 5.42. The zero-order chi connectivity index (χ0) is 15.6. The fourth-order valence-corrected chi connectivity index (χ4v) is 3.66. The summed E-state index contributed by atoms with van der Waals surface area (Å²) in [6.45, 7) is 1.85. The first kappa shape index (κ1) is 16.2. The minimum Gasteiger partial charge on any atom is -0.355 e. The molecule has 21 heavy (non-hydrogen) atoms. The van der Waals surface area contributed by atoms with E-state index in [1.165, 1.54) is 11.3 Å². The number of thiophene rings is 1. The van der Waals surface area contributed by atoms with Crippen molar-refractivity contribution < 1.29 is 9.59 Å². The summed E-state index contributed by atoms with van der Waals surface area (Å²) < 4.78 is 1.73. The second kappa shape index (κ2) is 6.72. The number of amides is 2. The zero-order valence-electron chi connectivity index (χ0n) is 11.3. The molecule has 110 valence electrons. The van der Waals surface area contributed by atoms with E-state index in [0.29, 0.717) is 16.1 Å². The van der Waals surface area contributed by atoms with Crippen LogP contribution in [0.15, 0.2) is 32.5 Å². The summed E-state index contributed by atoms with van der Waals surface area (Å²) in [6, 6.07) is 6.92. The SMILES string of the molecule is CNC(=O)c1ccc(NC(=O)c2cc(Br)c(Br)s2)c(C)c1. The highest BCUT2D eigenvalue weighted by Gasteiger charge is 2.14. The molecule has 0 saturated heterocycles. The minimum atomic E-state index is -0.179. The van der Waals surface area contributed by atoms with Gasteiger partial charge in [-0.3, -0.25) is 9.59 Å². The Bertz CT molecular complexity index is 693. The highest BCUT2D eigenvalue weighted by Crippen LogP contribution is 2.32. The van der Waals surface area contributed by atoms with Crippen molar-refractivity contribution >= 4 is 60.7 Å². The number of hydrogen-bond donors (Lipinski definition) is 2. The van der Waals surface area contributed by atoms with E-state index in [1.807, 2.05) is 6.92 Å². The first-order valence-corrected chi connectivity index (χ1v) is 8.41. The topological polar surface area (TPSA) is 58.2 Å². The van der Waals surface area contributed by atoms with Crippen molar-refractivity contribution in [3.63, 3.8) is 0 Å². The van der Waals surface area contributed by atoms with E-state index in [2.05, 4.69) is 42.5 Å². The van der Waals surface area contributed by atoms with Crippen LogP contribution in [0.4, 0.5) is 5.69 Å². The molecule has 1 aromatic carbocycles. The molecule has 7 heteroatoms. The van der Waals surface area contributed by atoms with E-state index in [-0.39, 0.29) is 11.8 Å². The molecule has 0 radical (unpaired) electrons. The van der Waals surface area contributed by atoms with E-state index < -0.39 is 0 Å². The lowest BCUT2D eigenvalue weighted by atomic mass is 10.1. The molecule has 0 saturated carbocycles. The largest absolute Gasteiger partial charge is 0.355 e. The Balaban J connectivity index is 2.20. The van der Waals surface area contributed by atoms with Crippen LogP contribution < -0.4 is 10.6 Å². The summed E-state index contributed by atoms with van der Waals surface area (Å²) in [5.41, 5.74) is 2.09. The Morgan fingerprint density at radius 3 is 2.38 bits per heavy atom. The number of carbonyl (C=O) groups excluding carboxylic acids is 2. The summed E-state index contributed by atoms with van der Waals surface area (Å²) in [7, 11) is 1.58. The van der Waals surface area contributed by atoms with E-state index in [1.54, 1.807) is 31.3 Å². The lowest BCUT2D eigenvalue weighted by Crippen LogP contribution is -2.18. The zero-order valence-corrected chi connectivity index (χ0v) is 15.3. The number of anilines is 1. The van der Waals surface area contributed by atoms with Crippen molar-refractivity contribution in [2.45, 2.75) is 6.92 Å². The first-order chi connectivity index (χ1) is 9.92. The van der Waals surface area contributed by atoms with Crippen molar-refractivity contribution in [1.82, 2.24) is 5.32 Å². The number of aryl methyl sites for hydroxylation is 1. The molecule has 0 aliphatic carbocycles. The average Bonchev–Trinajstić information content (AvgIpc) is 2.80. The van der Waals surface area contributed by atoms with Crippen LogP contribution in [0.5, 0.6) is 0 Å². The van der Waals surface area contributed by atoms with Gasteiger partial charge in [-0.25, -0.2) is 0 Å². The van der Waals surface area contributed by atoms with Gasteiger partial charge in [0.2, 0.25) is 0 Å². The van der Waals surface area contributed by atoms with Gasteiger partial charge in [0.25, 0.3) is 11.8 Å². The number of rotatable bonds is 3. The summed E-state index contributed by atoms with van der Waals surface area (Å²) in [6.07, 6.45) is 0. The third-order valence-corrected chi connectivity index (χ3v) is 6.09. The molecular weight excluding hydrogens is 420 g/mol. The summed E-state index contributed by atoms with van der Waals surface area (Å²) >= 11 is 8.07. The average molecular weight is 432 g/mol. The predicted octanol–water partition coefficient (Wildman–Crippen LogP) is 4.19. The van der Waals surface area contributed by atoms with Gasteiger partial charge in [-0.05, 0) is 68.6 Å². The van der Waals surface area contributed by atoms with Gasteiger partial charge in [0.05, 0.1) is 8.66 Å². The van der Waals surface area contributed by atoms with E-state index in [4.69, 9.17) is 0 Å². The van der Waals surface area contributed by atoms with Crippen LogP contribution in [-0.4, -0.2) is 18.9 Å². The van der Waals surface area contributed by atoms with Crippen LogP contribution in [0.1, 0.15) is 25.6 Å². The summed E-state index contributed by atoms with van der Waals surface area (Å²) in [5.74, 6) is -0.329. The number of hydrogen-bond acceptors (Lipinski definition) is 3. The van der Waals surface area contributed by atoms with Gasteiger partial charge in [0.1, 0.15) is 0 Å². The maximum Gasteiger partial charge on any atom is 0.265 e. The van der Waals surface area contributed by atoms with Crippen LogP contribution in [-0.2, 0) is 0 Å². The van der Waals surface area contributed by atoms with Crippen molar-refractivity contribution in [2.24, 2.45) is 0 Å². The van der Waals surface area contributed by atoms with Crippen LogP contribution in [0, 0.1) is 6.92 Å². The van der Waals surface area contributed by atoms with Crippen molar-refractivity contribution in [3.8, 4) is 0 Å². The van der Waals surface area contributed by atoms with Gasteiger partial charge in [0.15, 0.2) is 0 Å². The second-order valence-corrected chi connectivity index (χ2v) is 7.52. The molecule has 2 amide bonds. The summed E-state index contributed by atoms with van der Waals surface area (Å²) in [4.78, 5) is 24.3. The highest BCUT2D eigenvalue weighted by atomic mass is 79.9. The van der Waals surface area contributed by atoms with E-state index in [0.717, 1.165) is 13.8 Å². The minimum absolute atomic E-state index is 0.151. The van der Waals surface area contributed by atoms with Gasteiger partial charge in [-0.2, -0.15) is 0 Å². The maximum atomic E-state index is 12.2. The molecule has 0 bridgehead atoms. The van der Waals surface area contributed by atoms with Crippen LogP contribution in [0.3, 0.4) is 0 Å². The Labute approximate surface area is 143 Å². The fourth-order valence-electron chi connectivity index (χ4n) is 1.73. The predicted molar refractivity (Wildman–Crippen MR) is 92.2 cm³/mol. The molecule has 2 rings (SSSR count). The molecule has 2 aromatic rings. The molecule has 4 nitrogen and oxygen atoms in total. The second-order valence-electron chi connectivity index (χ2n) is 4.30. The molecule has 1 heterocycles. The number of halogens is 2. The Hall–Kier alpha value is -1.18. The monoisotopic (exact) mass is 430 g/mol. The molecule has 0 spiro atoms. The molecular formula is C14H12Br2N2O2S. The molecule has 1 aromatic heterocycles. The molecule has 2 N–H and O–H groups in total. The quantitative estimate of drug-likeness (QED) is 0.765.